The summed E-state index contributed by atoms with van der Waals surface area (Å²) in [4.78, 5) is 21.4. The van der Waals surface area contributed by atoms with Crippen LogP contribution in [0.2, 0.25) is 0 Å². The van der Waals surface area contributed by atoms with Crippen LogP contribution in [0.4, 0.5) is 0 Å². The minimum Gasteiger partial charge on any atom is -0.454 e. The number of nitrogens with one attached hydrogen (secondary N) is 1. The first-order valence-electron chi connectivity index (χ1n) is 5.13. The molecule has 1 aromatic rings. The monoisotopic (exact) mass is 236 g/mol. The fourth-order valence-corrected chi connectivity index (χ4v) is 1.50. The number of rotatable bonds is 3. The minimum absolute atomic E-state index is 0.233. The lowest BCUT2D eigenvalue weighted by atomic mass is 10.1. The fraction of sp³-hybridized carbons (Fsp3) is 0.273. The summed E-state index contributed by atoms with van der Waals surface area (Å²) in [6, 6.07) is 5.54. The molecule has 2 rings (SSSR count). The number of hydrogen-bond donors (Lipinski definition) is 2. The average molecular weight is 236 g/mol. The Morgan fingerprint density at radius 2 is 2.06 bits per heavy atom. The van der Waals surface area contributed by atoms with Gasteiger partial charge < -0.3 is 20.5 Å². The van der Waals surface area contributed by atoms with Crippen LogP contribution in [-0.4, -0.2) is 25.2 Å². The van der Waals surface area contributed by atoms with Crippen LogP contribution in [0, 0.1) is 0 Å². The molecule has 1 aliphatic rings. The summed E-state index contributed by atoms with van der Waals surface area (Å²) in [5, 5.41) is 2.41. The number of fused-ring (bicyclic) bond motifs is 1. The van der Waals surface area contributed by atoms with Crippen molar-refractivity contribution in [3.8, 4) is 11.5 Å². The number of hydrogen-bond acceptors (Lipinski definition) is 4. The van der Waals surface area contributed by atoms with Gasteiger partial charge in [-0.25, -0.2) is 0 Å². The van der Waals surface area contributed by atoms with Crippen molar-refractivity contribution >= 4 is 11.8 Å². The normalized spacial score (nSPS) is 12.2. The Bertz CT molecular complexity index is 459. The molecule has 6 heteroatoms. The van der Waals surface area contributed by atoms with Crippen LogP contribution in [0.5, 0.6) is 11.5 Å². The van der Waals surface area contributed by atoms with E-state index in [2.05, 4.69) is 5.32 Å². The van der Waals surface area contributed by atoms with Gasteiger partial charge in [0.15, 0.2) is 11.5 Å². The number of ether oxygens (including phenoxy) is 2. The molecule has 0 aromatic heterocycles. The molecule has 17 heavy (non-hydrogen) atoms. The number of nitrogens with two attached hydrogens (primary N) is 1. The molecule has 90 valence electrons. The van der Waals surface area contributed by atoms with E-state index in [9.17, 15) is 9.59 Å². The van der Waals surface area contributed by atoms with E-state index in [0.717, 1.165) is 11.3 Å². The molecule has 6 nitrogen and oxygen atoms in total. The molecule has 0 bridgehead atoms. The Kier molecular flexibility index (Phi) is 3.13. The van der Waals surface area contributed by atoms with Gasteiger partial charge in [-0.1, -0.05) is 6.07 Å². The zero-order valence-electron chi connectivity index (χ0n) is 9.06. The van der Waals surface area contributed by atoms with Crippen LogP contribution < -0.4 is 20.5 Å². The molecule has 0 atom stereocenters. The van der Waals surface area contributed by atoms with Gasteiger partial charge in [0.05, 0.1) is 0 Å². The average Bonchev–Trinajstić information content (AvgIpc) is 2.75. The first-order chi connectivity index (χ1) is 8.16. The molecule has 0 saturated heterocycles. The standard InChI is InChI=1S/C11H12N2O4/c12-10(14)11(15)13-4-3-7-1-2-8-9(5-7)17-6-16-8/h1-2,5H,3-4,6H2,(H2,12,14)(H,13,15). The molecule has 0 radical (unpaired) electrons. The third-order valence-corrected chi connectivity index (χ3v) is 2.36. The van der Waals surface area contributed by atoms with Crippen LogP contribution >= 0.6 is 0 Å². The molecule has 0 fully saturated rings. The highest BCUT2D eigenvalue weighted by molar-refractivity contribution is 6.34. The summed E-state index contributed by atoms with van der Waals surface area (Å²) in [5.74, 6) is -0.333. The quantitative estimate of drug-likeness (QED) is 0.696. The van der Waals surface area contributed by atoms with Crippen molar-refractivity contribution in [1.29, 1.82) is 0 Å². The zero-order valence-corrected chi connectivity index (χ0v) is 9.06. The molecule has 0 saturated carbocycles. The minimum atomic E-state index is -0.976. The van der Waals surface area contributed by atoms with E-state index in [1.807, 2.05) is 18.2 Å². The molecule has 3 N–H and O–H groups in total. The Morgan fingerprint density at radius 1 is 1.29 bits per heavy atom. The summed E-state index contributed by atoms with van der Waals surface area (Å²) in [6.45, 7) is 0.582. The number of carbonyl (C=O) groups is 2. The highest BCUT2D eigenvalue weighted by Gasteiger charge is 2.13. The number of benzene rings is 1. The second kappa shape index (κ2) is 4.73. The molecule has 0 unspecified atom stereocenters. The van der Waals surface area contributed by atoms with Crippen molar-refractivity contribution in [3.05, 3.63) is 23.8 Å². The second-order valence-corrected chi connectivity index (χ2v) is 3.56. The van der Waals surface area contributed by atoms with Crippen molar-refractivity contribution in [3.63, 3.8) is 0 Å². The van der Waals surface area contributed by atoms with Crippen molar-refractivity contribution in [2.24, 2.45) is 5.73 Å². The van der Waals surface area contributed by atoms with E-state index in [1.165, 1.54) is 0 Å². The van der Waals surface area contributed by atoms with Crippen molar-refractivity contribution in [1.82, 2.24) is 5.32 Å². The third kappa shape index (κ3) is 2.66. The van der Waals surface area contributed by atoms with E-state index in [4.69, 9.17) is 15.2 Å². The Labute approximate surface area is 97.7 Å². The van der Waals surface area contributed by atoms with Gasteiger partial charge in [-0.15, -0.1) is 0 Å². The van der Waals surface area contributed by atoms with Gasteiger partial charge in [-0.3, -0.25) is 9.59 Å². The predicted molar refractivity (Wildman–Crippen MR) is 58.5 cm³/mol. The molecular formula is C11H12N2O4. The lowest BCUT2D eigenvalue weighted by Gasteiger charge is -2.04. The molecule has 1 aliphatic heterocycles. The van der Waals surface area contributed by atoms with E-state index in [-0.39, 0.29) is 6.79 Å². The maximum atomic E-state index is 10.9. The Hall–Kier alpha value is -2.24. The number of primary amides is 1. The summed E-state index contributed by atoms with van der Waals surface area (Å²) in [6.07, 6.45) is 0.593. The Balaban J connectivity index is 1.87. The third-order valence-electron chi connectivity index (χ3n) is 2.36. The van der Waals surface area contributed by atoms with E-state index in [1.54, 1.807) is 0 Å². The maximum Gasteiger partial charge on any atom is 0.309 e. The summed E-state index contributed by atoms with van der Waals surface area (Å²) in [7, 11) is 0. The number of carbonyl (C=O) groups excluding carboxylic acids is 2. The van der Waals surface area contributed by atoms with Gasteiger partial charge in [0, 0.05) is 6.54 Å². The van der Waals surface area contributed by atoms with Gasteiger partial charge in [0.1, 0.15) is 0 Å². The topological polar surface area (TPSA) is 90.7 Å². The van der Waals surface area contributed by atoms with Crippen molar-refractivity contribution in [2.45, 2.75) is 6.42 Å². The summed E-state index contributed by atoms with van der Waals surface area (Å²) in [5.41, 5.74) is 5.79. The first-order valence-corrected chi connectivity index (χ1v) is 5.13. The maximum absolute atomic E-state index is 10.9. The van der Waals surface area contributed by atoms with E-state index < -0.39 is 11.8 Å². The smallest absolute Gasteiger partial charge is 0.309 e. The lowest BCUT2D eigenvalue weighted by molar-refractivity contribution is -0.137. The van der Waals surface area contributed by atoms with E-state index >= 15 is 0 Å². The number of amides is 2. The zero-order chi connectivity index (χ0) is 12.3. The highest BCUT2D eigenvalue weighted by atomic mass is 16.7. The van der Waals surface area contributed by atoms with Gasteiger partial charge >= 0.3 is 11.8 Å². The summed E-state index contributed by atoms with van der Waals surface area (Å²) < 4.78 is 10.4. The van der Waals surface area contributed by atoms with Gasteiger partial charge in [-0.05, 0) is 24.1 Å². The van der Waals surface area contributed by atoms with Crippen LogP contribution in [0.1, 0.15) is 5.56 Å². The van der Waals surface area contributed by atoms with Gasteiger partial charge in [0.2, 0.25) is 6.79 Å². The molecule has 1 aromatic carbocycles. The van der Waals surface area contributed by atoms with Crippen LogP contribution in [0.3, 0.4) is 0 Å². The van der Waals surface area contributed by atoms with Gasteiger partial charge in [0.25, 0.3) is 0 Å². The lowest BCUT2D eigenvalue weighted by Crippen LogP contribution is -2.37. The van der Waals surface area contributed by atoms with Crippen LogP contribution in [0.15, 0.2) is 18.2 Å². The summed E-state index contributed by atoms with van der Waals surface area (Å²) >= 11 is 0. The largest absolute Gasteiger partial charge is 0.454 e. The molecular weight excluding hydrogens is 224 g/mol. The van der Waals surface area contributed by atoms with E-state index in [0.29, 0.717) is 18.7 Å². The van der Waals surface area contributed by atoms with Gasteiger partial charge in [-0.2, -0.15) is 0 Å². The molecule has 0 spiro atoms. The first kappa shape index (κ1) is 11.3. The second-order valence-electron chi connectivity index (χ2n) is 3.56. The van der Waals surface area contributed by atoms with Crippen LogP contribution in [0.25, 0.3) is 0 Å². The van der Waals surface area contributed by atoms with Crippen LogP contribution in [-0.2, 0) is 16.0 Å². The highest BCUT2D eigenvalue weighted by Crippen LogP contribution is 2.32. The predicted octanol–water partition coefficient (Wildman–Crippen LogP) is -0.441. The fourth-order valence-electron chi connectivity index (χ4n) is 1.50. The van der Waals surface area contributed by atoms with Crippen molar-refractivity contribution < 1.29 is 19.1 Å². The Morgan fingerprint density at radius 3 is 2.82 bits per heavy atom. The van der Waals surface area contributed by atoms with Crippen molar-refractivity contribution in [2.75, 3.05) is 13.3 Å². The molecule has 2 amide bonds. The molecule has 1 heterocycles. The SMILES string of the molecule is NC(=O)C(=O)NCCc1ccc2c(c1)OCO2. The molecule has 0 aliphatic carbocycles.